The van der Waals surface area contributed by atoms with E-state index in [2.05, 4.69) is 20.3 Å². The van der Waals surface area contributed by atoms with Gasteiger partial charge in [0.05, 0.1) is 0 Å². The van der Waals surface area contributed by atoms with E-state index >= 15 is 0 Å². The van der Waals surface area contributed by atoms with E-state index in [0.717, 1.165) is 24.8 Å². The highest BCUT2D eigenvalue weighted by Gasteiger charge is 2.60. The molecule has 4 rings (SSSR count). The molecule has 0 heterocycles. The predicted octanol–water partition coefficient (Wildman–Crippen LogP) is 3.08. The summed E-state index contributed by atoms with van der Waals surface area (Å²) in [6.07, 6.45) is 8.22. The van der Waals surface area contributed by atoms with Crippen molar-refractivity contribution in [2.24, 2.45) is 28.6 Å². The summed E-state index contributed by atoms with van der Waals surface area (Å²) < 4.78 is 0. The molecular weight excluding hydrogens is 276 g/mol. The molecule has 3 nitrogen and oxygen atoms in total. The van der Waals surface area contributed by atoms with Crippen LogP contribution < -0.4 is 0 Å². The molecule has 22 heavy (non-hydrogen) atoms. The summed E-state index contributed by atoms with van der Waals surface area (Å²) in [5.74, 6) is 1.66. The summed E-state index contributed by atoms with van der Waals surface area (Å²) in [5, 5.41) is 0. The van der Waals surface area contributed by atoms with E-state index in [1.807, 2.05) is 0 Å². The Hall–Kier alpha value is -1.25. The Morgan fingerprint density at radius 1 is 1.09 bits per heavy atom. The molecule has 3 heteroatoms. The van der Waals surface area contributed by atoms with Gasteiger partial charge in [-0.3, -0.25) is 14.4 Å². The molecule has 4 aliphatic rings. The fourth-order valence-electron chi connectivity index (χ4n) is 5.94. The number of hydrogen-bond donors (Lipinski definition) is 0. The van der Waals surface area contributed by atoms with Crippen molar-refractivity contribution >= 4 is 17.3 Å². The van der Waals surface area contributed by atoms with Crippen LogP contribution in [0.2, 0.25) is 0 Å². The number of fused-ring (bicyclic) bond motifs is 5. The molecule has 0 unspecified atom stereocenters. The van der Waals surface area contributed by atoms with E-state index < -0.39 is 0 Å². The number of hydrogen-bond acceptors (Lipinski definition) is 3. The van der Waals surface area contributed by atoms with Crippen molar-refractivity contribution in [1.29, 1.82) is 0 Å². The van der Waals surface area contributed by atoms with Crippen LogP contribution >= 0.6 is 0 Å². The lowest BCUT2D eigenvalue weighted by molar-refractivity contribution is -0.136. The van der Waals surface area contributed by atoms with Crippen LogP contribution in [-0.2, 0) is 14.4 Å². The van der Waals surface area contributed by atoms with Crippen LogP contribution in [0, 0.1) is 35.0 Å². The van der Waals surface area contributed by atoms with Crippen molar-refractivity contribution in [1.82, 2.24) is 0 Å². The Labute approximate surface area is 131 Å². The van der Waals surface area contributed by atoms with Gasteiger partial charge in [-0.2, -0.15) is 0 Å². The minimum atomic E-state index is -0.263. The van der Waals surface area contributed by atoms with Crippen molar-refractivity contribution in [3.05, 3.63) is 18.1 Å². The van der Waals surface area contributed by atoms with Gasteiger partial charge in [-0.25, -0.2) is 0 Å². The van der Waals surface area contributed by atoms with Crippen molar-refractivity contribution in [3.8, 4) is 0 Å². The molecule has 5 atom stereocenters. The summed E-state index contributed by atoms with van der Waals surface area (Å²) in [6, 6.07) is 0. The third kappa shape index (κ3) is 1.65. The molecule has 0 N–H and O–H groups in total. The molecule has 0 aromatic heterocycles. The van der Waals surface area contributed by atoms with Crippen molar-refractivity contribution in [2.45, 2.75) is 52.4 Å². The summed E-state index contributed by atoms with van der Waals surface area (Å²) in [6.45, 7) is 4.26. The minimum absolute atomic E-state index is 0.0518. The first kappa shape index (κ1) is 14.3. The minimum Gasteiger partial charge on any atom is -0.299 e. The first-order valence-corrected chi connectivity index (χ1v) is 8.52. The van der Waals surface area contributed by atoms with Gasteiger partial charge in [-0.15, -0.1) is 0 Å². The van der Waals surface area contributed by atoms with Gasteiger partial charge in [0.1, 0.15) is 5.78 Å². The molecule has 0 saturated heterocycles. The average molecular weight is 299 g/mol. The highest BCUT2D eigenvalue weighted by molar-refractivity contribution is 6.06. The second-order valence-corrected chi connectivity index (χ2v) is 8.14. The zero-order valence-electron chi connectivity index (χ0n) is 13.4. The van der Waals surface area contributed by atoms with Crippen LogP contribution in [0.15, 0.2) is 11.6 Å². The molecule has 0 amide bonds. The standard InChI is InChI=1S/C19H23O3/c1-18-7-5-11(20)9-15(18)16(21)10-12-13-3-4-17(22)19(13,2)8-6-14(12)18/h7,9,12-14H,3-6,8,10H2,1-2H3/t12-,13-,14-,18+,19-/m0/s1. The molecule has 3 fully saturated rings. The van der Waals surface area contributed by atoms with Crippen molar-refractivity contribution in [2.75, 3.05) is 0 Å². The van der Waals surface area contributed by atoms with Gasteiger partial charge in [-0.1, -0.05) is 13.8 Å². The first-order chi connectivity index (χ1) is 10.4. The zero-order chi connectivity index (χ0) is 15.7. The molecule has 0 aliphatic heterocycles. The lowest BCUT2D eigenvalue weighted by Gasteiger charge is -2.55. The predicted molar refractivity (Wildman–Crippen MR) is 81.8 cm³/mol. The molecule has 4 aliphatic carbocycles. The van der Waals surface area contributed by atoms with Crippen molar-refractivity contribution < 1.29 is 14.4 Å². The third-order valence-corrected chi connectivity index (χ3v) is 7.25. The maximum absolute atomic E-state index is 12.7. The largest absolute Gasteiger partial charge is 0.299 e. The van der Waals surface area contributed by atoms with E-state index in [-0.39, 0.29) is 22.4 Å². The molecule has 117 valence electrons. The zero-order valence-corrected chi connectivity index (χ0v) is 13.4. The van der Waals surface area contributed by atoms with Crippen LogP contribution in [-0.4, -0.2) is 17.3 Å². The Bertz CT molecular complexity index is 616. The van der Waals surface area contributed by atoms with Crippen molar-refractivity contribution in [3.63, 3.8) is 0 Å². The Kier molecular flexibility index (Phi) is 2.87. The number of carbonyl (C=O) groups excluding carboxylic acids is 3. The van der Waals surface area contributed by atoms with Crippen LogP contribution in [0.25, 0.3) is 0 Å². The van der Waals surface area contributed by atoms with Crippen LogP contribution in [0.1, 0.15) is 52.4 Å². The molecule has 0 aromatic rings. The molecule has 1 radical (unpaired) electrons. The second kappa shape index (κ2) is 4.39. The number of rotatable bonds is 0. The van der Waals surface area contributed by atoms with E-state index in [0.29, 0.717) is 42.8 Å². The van der Waals surface area contributed by atoms with Crippen LogP contribution in [0.3, 0.4) is 0 Å². The number of carbonyl (C=O) groups is 3. The van der Waals surface area contributed by atoms with Gasteiger partial charge < -0.3 is 0 Å². The highest BCUT2D eigenvalue weighted by atomic mass is 16.1. The third-order valence-electron chi connectivity index (χ3n) is 7.25. The molecular formula is C19H23O3. The summed E-state index contributed by atoms with van der Waals surface area (Å²) >= 11 is 0. The van der Waals surface area contributed by atoms with Gasteiger partial charge in [0.2, 0.25) is 0 Å². The Morgan fingerprint density at radius 2 is 1.86 bits per heavy atom. The Morgan fingerprint density at radius 3 is 2.64 bits per heavy atom. The second-order valence-electron chi connectivity index (χ2n) is 8.14. The summed E-state index contributed by atoms with van der Waals surface area (Å²) in [5.41, 5.74) is 0.266. The molecule has 0 bridgehead atoms. The van der Waals surface area contributed by atoms with E-state index in [1.165, 1.54) is 0 Å². The van der Waals surface area contributed by atoms with E-state index in [9.17, 15) is 14.4 Å². The first-order valence-electron chi connectivity index (χ1n) is 8.52. The number of ketones is 3. The van der Waals surface area contributed by atoms with E-state index in [1.54, 1.807) is 6.08 Å². The summed E-state index contributed by atoms with van der Waals surface area (Å²) in [4.78, 5) is 36.8. The van der Waals surface area contributed by atoms with Gasteiger partial charge in [0.25, 0.3) is 0 Å². The maximum atomic E-state index is 12.7. The number of allylic oxidation sites excluding steroid dienone is 1. The van der Waals surface area contributed by atoms with Gasteiger partial charge in [0.15, 0.2) is 11.6 Å². The van der Waals surface area contributed by atoms with E-state index in [4.69, 9.17) is 0 Å². The van der Waals surface area contributed by atoms with Crippen LogP contribution in [0.5, 0.6) is 0 Å². The maximum Gasteiger partial charge on any atom is 0.159 e. The quantitative estimate of drug-likeness (QED) is 0.690. The normalized spacial score (nSPS) is 47.6. The lowest BCUT2D eigenvalue weighted by Crippen LogP contribution is -2.53. The van der Waals surface area contributed by atoms with Crippen LogP contribution in [0.4, 0.5) is 0 Å². The smallest absolute Gasteiger partial charge is 0.159 e. The fraction of sp³-hybridized carbons (Fsp3) is 0.684. The molecule has 0 spiro atoms. The van der Waals surface area contributed by atoms with Gasteiger partial charge in [-0.05, 0) is 49.5 Å². The fourth-order valence-corrected chi connectivity index (χ4v) is 5.94. The molecule has 3 saturated carbocycles. The molecule has 0 aromatic carbocycles. The average Bonchev–Trinajstić information content (AvgIpc) is 2.77. The Balaban J connectivity index is 1.76. The SMILES string of the molecule is C[C@]12[CH]CC(=O)C=C1C(=O)C[C@@H]1[C@@H]2CC[C@]2(C)C(=O)CC[C@@H]12. The highest BCUT2D eigenvalue weighted by Crippen LogP contribution is 2.63. The number of Topliss-reactive ketones (excluding diaryl/α,β-unsaturated/α-hetero) is 2. The summed E-state index contributed by atoms with van der Waals surface area (Å²) in [7, 11) is 0. The monoisotopic (exact) mass is 299 g/mol. The van der Waals surface area contributed by atoms with Gasteiger partial charge in [0, 0.05) is 35.7 Å². The lowest BCUT2D eigenvalue weighted by atomic mass is 9.47. The topological polar surface area (TPSA) is 51.2 Å². The van der Waals surface area contributed by atoms with Gasteiger partial charge >= 0.3 is 0 Å².